The number of rotatable bonds is 4. The van der Waals surface area contributed by atoms with Crippen LogP contribution in [-0.4, -0.2) is 55.2 Å². The minimum Gasteiger partial charge on any atom is -0.462 e. The first-order valence-electron chi connectivity index (χ1n) is 8.69. The number of piperazine rings is 1. The van der Waals surface area contributed by atoms with E-state index >= 15 is 0 Å². The Labute approximate surface area is 143 Å². The van der Waals surface area contributed by atoms with Gasteiger partial charge in [-0.2, -0.15) is 0 Å². The molecule has 0 N–H and O–H groups in total. The number of fused-ring (bicyclic) bond motifs is 1. The van der Waals surface area contributed by atoms with Gasteiger partial charge in [0.05, 0.1) is 12.1 Å². The lowest BCUT2D eigenvalue weighted by Gasteiger charge is -2.35. The number of ether oxygens (including phenoxy) is 1. The van der Waals surface area contributed by atoms with E-state index in [1.54, 1.807) is 0 Å². The summed E-state index contributed by atoms with van der Waals surface area (Å²) in [4.78, 5) is 22.0. The first-order chi connectivity index (χ1) is 11.7. The van der Waals surface area contributed by atoms with E-state index in [1.165, 1.54) is 0 Å². The molecular formula is C19H25N3O2. The van der Waals surface area contributed by atoms with E-state index in [9.17, 15) is 4.79 Å². The molecule has 0 aliphatic carbocycles. The van der Waals surface area contributed by atoms with Gasteiger partial charge in [-0.3, -0.25) is 0 Å². The van der Waals surface area contributed by atoms with Gasteiger partial charge in [-0.05, 0) is 32.0 Å². The van der Waals surface area contributed by atoms with E-state index in [-0.39, 0.29) is 5.97 Å². The van der Waals surface area contributed by atoms with Gasteiger partial charge in [-0.15, -0.1) is 0 Å². The van der Waals surface area contributed by atoms with Crippen LogP contribution in [0.3, 0.4) is 0 Å². The summed E-state index contributed by atoms with van der Waals surface area (Å²) in [6, 6.07) is 7.98. The van der Waals surface area contributed by atoms with Crippen LogP contribution < -0.4 is 4.90 Å². The molecule has 1 aromatic carbocycles. The Hall–Kier alpha value is -2.14. The number of para-hydroxylation sites is 1. The molecule has 5 nitrogen and oxygen atoms in total. The Morgan fingerprint density at radius 2 is 1.88 bits per heavy atom. The number of aromatic nitrogens is 1. The van der Waals surface area contributed by atoms with Crippen molar-refractivity contribution < 1.29 is 9.53 Å². The summed E-state index contributed by atoms with van der Waals surface area (Å²) < 4.78 is 5.32. The van der Waals surface area contributed by atoms with Crippen LogP contribution in [0.4, 0.5) is 5.82 Å². The van der Waals surface area contributed by atoms with Gasteiger partial charge in [0.1, 0.15) is 11.4 Å². The van der Waals surface area contributed by atoms with E-state index in [1.807, 2.05) is 38.1 Å². The molecule has 0 spiro atoms. The fourth-order valence-corrected chi connectivity index (χ4v) is 3.31. The van der Waals surface area contributed by atoms with Crippen molar-refractivity contribution in [2.75, 3.05) is 44.2 Å². The van der Waals surface area contributed by atoms with Gasteiger partial charge in [0.2, 0.25) is 0 Å². The highest BCUT2D eigenvalue weighted by molar-refractivity contribution is 6.02. The summed E-state index contributed by atoms with van der Waals surface area (Å²) in [5.74, 6) is 0.488. The monoisotopic (exact) mass is 327 g/mol. The summed E-state index contributed by atoms with van der Waals surface area (Å²) in [6.07, 6.45) is 0. The number of carbonyl (C=O) groups excluding carboxylic acids is 1. The molecule has 128 valence electrons. The molecule has 24 heavy (non-hydrogen) atoms. The Morgan fingerprint density at radius 1 is 1.17 bits per heavy atom. The molecule has 0 atom stereocenters. The molecule has 3 rings (SSSR count). The first kappa shape index (κ1) is 16.7. The predicted octanol–water partition coefficient (Wildman–Crippen LogP) is 2.86. The number of carbonyl (C=O) groups is 1. The van der Waals surface area contributed by atoms with Crippen LogP contribution in [0.5, 0.6) is 0 Å². The number of nitrogens with zero attached hydrogens (tertiary/aromatic N) is 3. The highest BCUT2D eigenvalue weighted by Crippen LogP contribution is 2.29. The first-order valence-corrected chi connectivity index (χ1v) is 8.69. The average molecular weight is 327 g/mol. The fraction of sp³-hybridized carbons (Fsp3) is 0.474. The number of hydrogen-bond donors (Lipinski definition) is 0. The third-order valence-electron chi connectivity index (χ3n) is 4.73. The number of likely N-dealkylation sites (N-methyl/N-ethyl adjacent to an activating group) is 1. The second-order valence-corrected chi connectivity index (χ2v) is 6.09. The largest absolute Gasteiger partial charge is 0.462 e. The maximum Gasteiger partial charge on any atom is 0.342 e. The third kappa shape index (κ3) is 3.08. The number of hydrogen-bond acceptors (Lipinski definition) is 5. The molecule has 1 aliphatic heterocycles. The molecular weight excluding hydrogens is 302 g/mol. The second-order valence-electron chi connectivity index (χ2n) is 6.09. The van der Waals surface area contributed by atoms with Gasteiger partial charge in [0, 0.05) is 31.6 Å². The molecule has 0 radical (unpaired) electrons. The molecule has 2 aromatic rings. The van der Waals surface area contributed by atoms with Crippen molar-refractivity contribution in [2.24, 2.45) is 0 Å². The minimum absolute atomic E-state index is 0.277. The lowest BCUT2D eigenvalue weighted by atomic mass is 10.0. The molecule has 5 heteroatoms. The number of benzene rings is 1. The lowest BCUT2D eigenvalue weighted by Crippen LogP contribution is -2.47. The van der Waals surface area contributed by atoms with Crippen molar-refractivity contribution in [2.45, 2.75) is 20.8 Å². The van der Waals surface area contributed by atoms with Crippen LogP contribution in [0, 0.1) is 6.92 Å². The maximum absolute atomic E-state index is 12.6. The van der Waals surface area contributed by atoms with Gasteiger partial charge >= 0.3 is 5.97 Å². The van der Waals surface area contributed by atoms with Crippen LogP contribution in [-0.2, 0) is 4.74 Å². The number of esters is 1. The van der Waals surface area contributed by atoms with Gasteiger partial charge in [0.25, 0.3) is 0 Å². The second kappa shape index (κ2) is 7.18. The van der Waals surface area contributed by atoms with Gasteiger partial charge < -0.3 is 14.5 Å². The van der Waals surface area contributed by atoms with Gasteiger partial charge in [-0.25, -0.2) is 9.78 Å². The highest BCUT2D eigenvalue weighted by Gasteiger charge is 2.26. The molecule has 0 bridgehead atoms. The fourth-order valence-electron chi connectivity index (χ4n) is 3.31. The van der Waals surface area contributed by atoms with Crippen molar-refractivity contribution in [3.63, 3.8) is 0 Å². The van der Waals surface area contributed by atoms with Crippen molar-refractivity contribution in [3.8, 4) is 0 Å². The molecule has 1 aliphatic rings. The Morgan fingerprint density at radius 3 is 2.54 bits per heavy atom. The summed E-state index contributed by atoms with van der Waals surface area (Å²) in [7, 11) is 0. The minimum atomic E-state index is -0.277. The van der Waals surface area contributed by atoms with Crippen LogP contribution in [0.25, 0.3) is 10.9 Å². The van der Waals surface area contributed by atoms with Crippen LogP contribution in [0.1, 0.15) is 29.8 Å². The van der Waals surface area contributed by atoms with Crippen molar-refractivity contribution in [3.05, 3.63) is 35.4 Å². The van der Waals surface area contributed by atoms with E-state index in [4.69, 9.17) is 9.72 Å². The zero-order valence-electron chi connectivity index (χ0n) is 14.7. The highest BCUT2D eigenvalue weighted by atomic mass is 16.5. The summed E-state index contributed by atoms with van der Waals surface area (Å²) in [5.41, 5.74) is 2.49. The molecule has 2 heterocycles. The number of pyridine rings is 1. The van der Waals surface area contributed by atoms with Crippen LogP contribution in [0.2, 0.25) is 0 Å². The summed E-state index contributed by atoms with van der Waals surface area (Å²) >= 11 is 0. The third-order valence-corrected chi connectivity index (χ3v) is 4.73. The molecule has 1 saturated heterocycles. The van der Waals surface area contributed by atoms with Crippen molar-refractivity contribution in [1.29, 1.82) is 0 Å². The Bertz CT molecular complexity index is 737. The quantitative estimate of drug-likeness (QED) is 0.808. The van der Waals surface area contributed by atoms with Gasteiger partial charge in [-0.1, -0.05) is 25.1 Å². The number of aryl methyl sites for hydroxylation is 1. The Kier molecular flexibility index (Phi) is 5.00. The zero-order chi connectivity index (χ0) is 17.1. The van der Waals surface area contributed by atoms with Crippen LogP contribution in [0.15, 0.2) is 24.3 Å². The topological polar surface area (TPSA) is 45.7 Å². The van der Waals surface area contributed by atoms with E-state index in [0.29, 0.717) is 12.2 Å². The number of anilines is 1. The molecule has 0 saturated carbocycles. The van der Waals surface area contributed by atoms with E-state index in [0.717, 1.165) is 55.0 Å². The van der Waals surface area contributed by atoms with Crippen LogP contribution >= 0.6 is 0 Å². The predicted molar refractivity (Wildman–Crippen MR) is 96.8 cm³/mol. The van der Waals surface area contributed by atoms with Crippen molar-refractivity contribution >= 4 is 22.7 Å². The summed E-state index contributed by atoms with van der Waals surface area (Å²) in [5, 5.41) is 1.01. The van der Waals surface area contributed by atoms with E-state index < -0.39 is 0 Å². The molecule has 0 unspecified atom stereocenters. The summed E-state index contributed by atoms with van der Waals surface area (Å²) in [6.45, 7) is 11.2. The van der Waals surface area contributed by atoms with E-state index in [2.05, 4.69) is 16.7 Å². The molecule has 0 amide bonds. The van der Waals surface area contributed by atoms with Gasteiger partial charge in [0.15, 0.2) is 0 Å². The molecule has 1 fully saturated rings. The molecule has 1 aromatic heterocycles. The zero-order valence-corrected chi connectivity index (χ0v) is 14.7. The maximum atomic E-state index is 12.6. The standard InChI is InChI=1S/C19H25N3O2/c1-4-21-10-12-22(13-11-21)18-17(19(23)24-5-2)14(3)15-8-6-7-9-16(15)20-18/h6-9H,4-5,10-13H2,1-3H3. The SMILES string of the molecule is CCOC(=O)c1c(N2CCN(CC)CC2)nc2ccccc2c1C. The smallest absolute Gasteiger partial charge is 0.342 e. The lowest BCUT2D eigenvalue weighted by molar-refractivity contribution is 0.0526. The normalized spacial score (nSPS) is 15.7. The Balaban J connectivity index is 2.07. The average Bonchev–Trinajstić information content (AvgIpc) is 2.62. The van der Waals surface area contributed by atoms with Crippen molar-refractivity contribution in [1.82, 2.24) is 9.88 Å².